The van der Waals surface area contributed by atoms with Crippen LogP contribution >= 0.6 is 0 Å². The average Bonchev–Trinajstić information content (AvgIpc) is 2.77. The van der Waals surface area contributed by atoms with Gasteiger partial charge in [-0.2, -0.15) is 0 Å². The predicted octanol–water partition coefficient (Wildman–Crippen LogP) is 4.42. The molecular formula is C26H27F2N3O4. The zero-order chi connectivity index (χ0) is 25.7. The van der Waals surface area contributed by atoms with E-state index in [1.807, 2.05) is 13.8 Å². The van der Waals surface area contributed by atoms with E-state index in [2.05, 4.69) is 10.3 Å². The van der Waals surface area contributed by atoms with Crippen LogP contribution in [0.3, 0.4) is 0 Å². The number of pyridine rings is 2. The molecule has 0 saturated carbocycles. The van der Waals surface area contributed by atoms with Crippen molar-refractivity contribution in [3.05, 3.63) is 88.0 Å². The maximum absolute atomic E-state index is 14.3. The maximum Gasteiger partial charge on any atom is 0.305 e. The average molecular weight is 484 g/mol. The maximum atomic E-state index is 14.3. The summed E-state index contributed by atoms with van der Waals surface area (Å²) in [5.41, 5.74) is 0.145. The summed E-state index contributed by atoms with van der Waals surface area (Å²) in [6, 6.07) is 8.95. The third-order valence-corrected chi connectivity index (χ3v) is 5.48. The molecule has 0 saturated heterocycles. The van der Waals surface area contributed by atoms with Gasteiger partial charge in [0.25, 0.3) is 5.56 Å². The number of hydrogen-bond acceptors (Lipinski definition) is 4. The number of nitrogens with zero attached hydrogens (tertiary/aromatic N) is 2. The van der Waals surface area contributed by atoms with Crippen LogP contribution in [0.15, 0.2) is 59.5 Å². The summed E-state index contributed by atoms with van der Waals surface area (Å²) in [6.45, 7) is 5.58. The third kappa shape index (κ3) is 6.38. The molecule has 1 amide bonds. The number of aliphatic carboxylic acids is 1. The van der Waals surface area contributed by atoms with Crippen molar-refractivity contribution in [1.82, 2.24) is 14.9 Å². The van der Waals surface area contributed by atoms with Gasteiger partial charge in [-0.05, 0) is 55.2 Å². The van der Waals surface area contributed by atoms with E-state index in [9.17, 15) is 28.3 Å². The molecule has 1 aromatic carbocycles. The number of amides is 1. The van der Waals surface area contributed by atoms with Crippen molar-refractivity contribution < 1.29 is 23.5 Å². The molecule has 0 aliphatic heterocycles. The fourth-order valence-corrected chi connectivity index (χ4v) is 3.84. The van der Waals surface area contributed by atoms with Crippen molar-refractivity contribution in [3.8, 4) is 11.3 Å². The minimum atomic E-state index is -1.20. The molecule has 3 rings (SSSR count). The van der Waals surface area contributed by atoms with E-state index >= 15 is 0 Å². The Balaban J connectivity index is 1.98. The normalized spacial score (nSPS) is 12.9. The summed E-state index contributed by atoms with van der Waals surface area (Å²) in [5, 5.41) is 12.1. The van der Waals surface area contributed by atoms with Crippen LogP contribution in [-0.4, -0.2) is 26.5 Å². The van der Waals surface area contributed by atoms with E-state index < -0.39 is 42.0 Å². The van der Waals surface area contributed by atoms with Crippen molar-refractivity contribution in [2.45, 2.75) is 45.7 Å². The molecule has 2 heterocycles. The Labute approximate surface area is 201 Å². The summed E-state index contributed by atoms with van der Waals surface area (Å²) in [5.74, 6) is -3.33. The Bertz CT molecular complexity index is 1270. The van der Waals surface area contributed by atoms with Gasteiger partial charge in [0, 0.05) is 12.3 Å². The fraction of sp³-hybridized carbons (Fsp3) is 0.308. The number of carboxylic acid groups (broad SMARTS) is 1. The van der Waals surface area contributed by atoms with Gasteiger partial charge in [0.15, 0.2) is 0 Å². The molecule has 0 aliphatic carbocycles. The quantitative estimate of drug-likeness (QED) is 0.469. The lowest BCUT2D eigenvalue weighted by molar-refractivity contribution is -0.138. The molecule has 7 nitrogen and oxygen atoms in total. The Morgan fingerprint density at radius 1 is 1.09 bits per heavy atom. The second-order valence-electron chi connectivity index (χ2n) is 8.80. The summed E-state index contributed by atoms with van der Waals surface area (Å²) >= 11 is 0. The first-order chi connectivity index (χ1) is 16.6. The molecule has 3 aromatic rings. The van der Waals surface area contributed by atoms with Crippen LogP contribution in [-0.2, 0) is 9.59 Å². The highest BCUT2D eigenvalue weighted by Crippen LogP contribution is 2.27. The molecule has 0 radical (unpaired) electrons. The minimum absolute atomic E-state index is 0.0313. The van der Waals surface area contributed by atoms with Crippen LogP contribution in [0.25, 0.3) is 11.3 Å². The first kappa shape index (κ1) is 25.7. The van der Waals surface area contributed by atoms with E-state index in [0.717, 1.165) is 17.7 Å². The Hall–Kier alpha value is -3.88. The number of aromatic nitrogens is 2. The fourth-order valence-electron chi connectivity index (χ4n) is 3.84. The largest absolute Gasteiger partial charge is 0.481 e. The molecule has 0 unspecified atom stereocenters. The second kappa shape index (κ2) is 11.0. The Morgan fingerprint density at radius 2 is 1.74 bits per heavy atom. The third-order valence-electron chi connectivity index (χ3n) is 5.48. The number of carboxylic acids is 1. The Kier molecular flexibility index (Phi) is 8.11. The van der Waals surface area contributed by atoms with Crippen LogP contribution in [0.5, 0.6) is 0 Å². The van der Waals surface area contributed by atoms with Gasteiger partial charge in [0.05, 0.1) is 29.4 Å². The number of carbonyl (C=O) groups is 2. The number of hydrogen-bond donors (Lipinski definition) is 2. The lowest BCUT2D eigenvalue weighted by Crippen LogP contribution is -2.40. The van der Waals surface area contributed by atoms with E-state index in [-0.39, 0.29) is 28.4 Å². The van der Waals surface area contributed by atoms with Crippen LogP contribution < -0.4 is 10.9 Å². The number of rotatable bonds is 9. The van der Waals surface area contributed by atoms with Crippen molar-refractivity contribution in [3.63, 3.8) is 0 Å². The lowest BCUT2D eigenvalue weighted by atomic mass is 10.0. The Morgan fingerprint density at radius 3 is 2.34 bits per heavy atom. The van der Waals surface area contributed by atoms with Gasteiger partial charge in [-0.1, -0.05) is 26.0 Å². The van der Waals surface area contributed by atoms with Crippen LogP contribution in [0.1, 0.15) is 50.0 Å². The molecule has 2 aromatic heterocycles. The van der Waals surface area contributed by atoms with Gasteiger partial charge in [-0.25, -0.2) is 8.78 Å². The summed E-state index contributed by atoms with van der Waals surface area (Å²) in [4.78, 5) is 41.8. The summed E-state index contributed by atoms with van der Waals surface area (Å²) < 4.78 is 29.9. The van der Waals surface area contributed by atoms with Crippen molar-refractivity contribution in [2.24, 2.45) is 5.92 Å². The molecule has 35 heavy (non-hydrogen) atoms. The molecule has 0 fully saturated rings. The number of carbonyl (C=O) groups excluding carboxylic acids is 1. The smallest absolute Gasteiger partial charge is 0.305 e. The van der Waals surface area contributed by atoms with E-state index in [1.54, 1.807) is 13.0 Å². The van der Waals surface area contributed by atoms with Crippen LogP contribution in [0.2, 0.25) is 0 Å². The number of halogens is 2. The minimum Gasteiger partial charge on any atom is -0.481 e. The van der Waals surface area contributed by atoms with Crippen molar-refractivity contribution in [1.29, 1.82) is 0 Å². The first-order valence-electron chi connectivity index (χ1n) is 11.2. The van der Waals surface area contributed by atoms with Gasteiger partial charge in [-0.3, -0.25) is 19.4 Å². The molecule has 184 valence electrons. The predicted molar refractivity (Wildman–Crippen MR) is 127 cm³/mol. The van der Waals surface area contributed by atoms with Gasteiger partial charge >= 0.3 is 5.97 Å². The number of aryl methyl sites for hydroxylation is 1. The van der Waals surface area contributed by atoms with Gasteiger partial charge in [0.1, 0.15) is 17.7 Å². The van der Waals surface area contributed by atoms with Crippen molar-refractivity contribution >= 4 is 11.9 Å². The van der Waals surface area contributed by atoms with E-state index in [4.69, 9.17) is 0 Å². The molecule has 9 heteroatoms. The van der Waals surface area contributed by atoms with E-state index in [1.165, 1.54) is 41.1 Å². The van der Waals surface area contributed by atoms with Gasteiger partial charge < -0.3 is 15.0 Å². The first-order valence-corrected chi connectivity index (χ1v) is 11.2. The summed E-state index contributed by atoms with van der Waals surface area (Å²) in [7, 11) is 0. The zero-order valence-electron chi connectivity index (χ0n) is 19.7. The zero-order valence-corrected chi connectivity index (χ0v) is 19.7. The second-order valence-corrected chi connectivity index (χ2v) is 8.80. The summed E-state index contributed by atoms with van der Waals surface area (Å²) in [6.07, 6.45) is 1.36. The molecule has 2 atom stereocenters. The monoisotopic (exact) mass is 483 g/mol. The topological polar surface area (TPSA) is 101 Å². The van der Waals surface area contributed by atoms with Crippen LogP contribution in [0.4, 0.5) is 8.78 Å². The number of nitrogens with one attached hydrogen (secondary N) is 1. The standard InChI is InChI=1S/C26H27F2N3O4/c1-15(2)12-22(31-11-10-16(3)13-23(31)32)26(35)30-21(14-24(33)34)19-8-5-9-20(29-19)25-17(27)6-4-7-18(25)28/h4-11,13,15,21-22H,12,14H2,1-3H3,(H,30,35)(H,33,34)/t21-,22-/m1/s1. The molecular weight excluding hydrogens is 456 g/mol. The van der Waals surface area contributed by atoms with E-state index in [0.29, 0.717) is 6.42 Å². The van der Waals surface area contributed by atoms with Gasteiger partial charge in [0.2, 0.25) is 5.91 Å². The number of benzene rings is 1. The van der Waals surface area contributed by atoms with Crippen LogP contribution in [0, 0.1) is 24.5 Å². The highest BCUT2D eigenvalue weighted by molar-refractivity contribution is 5.81. The SMILES string of the molecule is Cc1ccn([C@H](CC(C)C)C(=O)N[C@H](CC(=O)O)c2cccc(-c3c(F)cccc3F)n2)c(=O)c1. The molecule has 0 bridgehead atoms. The molecule has 2 N–H and O–H groups in total. The molecule has 0 aliphatic rings. The highest BCUT2D eigenvalue weighted by atomic mass is 19.1. The van der Waals surface area contributed by atoms with Gasteiger partial charge in [-0.15, -0.1) is 0 Å². The van der Waals surface area contributed by atoms with Crippen molar-refractivity contribution in [2.75, 3.05) is 0 Å². The molecule has 0 spiro atoms. The lowest BCUT2D eigenvalue weighted by Gasteiger charge is -2.24. The highest BCUT2D eigenvalue weighted by Gasteiger charge is 2.27.